The molecule has 0 unspecified atom stereocenters. The summed E-state index contributed by atoms with van der Waals surface area (Å²) in [7, 11) is 2.36. The predicted octanol–water partition coefficient (Wildman–Crippen LogP) is 3.33. The van der Waals surface area contributed by atoms with Gasteiger partial charge < -0.3 is 4.81 Å². The van der Waals surface area contributed by atoms with E-state index in [1.54, 1.807) is 0 Å². The Hall–Kier alpha value is 0.0249. The molecule has 0 aliphatic rings. The van der Waals surface area contributed by atoms with E-state index in [-0.39, 0.29) is 10.9 Å². The molecule has 0 bridgehead atoms. The van der Waals surface area contributed by atoms with Crippen LogP contribution in [0.25, 0.3) is 0 Å². The number of hydrogen-bond acceptors (Lipinski definition) is 1. The molecule has 0 N–H and O–H groups in total. The molecule has 0 heterocycles. The molecule has 1 nitrogen and oxygen atoms in total. The van der Waals surface area contributed by atoms with Gasteiger partial charge in [-0.05, 0) is 39.1 Å². The highest BCUT2D eigenvalue weighted by atomic mass is 15.1. The molecule has 0 aromatic rings. The first-order chi connectivity index (χ1) is 5.67. The summed E-state index contributed by atoms with van der Waals surface area (Å²) < 4.78 is 0. The van der Waals surface area contributed by atoms with E-state index in [1.807, 2.05) is 0 Å². The Morgan fingerprint density at radius 3 is 1.69 bits per heavy atom. The van der Waals surface area contributed by atoms with E-state index in [0.717, 1.165) is 6.54 Å². The van der Waals surface area contributed by atoms with Gasteiger partial charge in [0.05, 0.1) is 0 Å². The zero-order valence-corrected chi connectivity index (χ0v) is 10.4. The van der Waals surface area contributed by atoms with Gasteiger partial charge in [-0.2, -0.15) is 0 Å². The molecule has 0 spiro atoms. The highest BCUT2D eigenvalue weighted by Crippen LogP contribution is 2.25. The van der Waals surface area contributed by atoms with Crippen LogP contribution in [0.2, 0.25) is 5.31 Å². The first kappa shape index (κ1) is 13.0. The predicted molar refractivity (Wildman–Crippen MR) is 62.2 cm³/mol. The van der Waals surface area contributed by atoms with Gasteiger partial charge in [-0.15, -0.1) is 0 Å². The lowest BCUT2D eigenvalue weighted by Gasteiger charge is -2.39. The fourth-order valence-electron chi connectivity index (χ4n) is 1.30. The van der Waals surface area contributed by atoms with Gasteiger partial charge in [-0.1, -0.05) is 27.7 Å². The zero-order valence-electron chi connectivity index (χ0n) is 10.4. The third-order valence-electron chi connectivity index (χ3n) is 1.87. The Morgan fingerprint density at radius 2 is 1.46 bits per heavy atom. The molecule has 0 aliphatic heterocycles. The molecule has 0 saturated carbocycles. The first-order valence-electron chi connectivity index (χ1n) is 5.29. The second-order valence-corrected chi connectivity index (χ2v) is 5.86. The highest BCUT2D eigenvalue weighted by molar-refractivity contribution is 6.36. The quantitative estimate of drug-likeness (QED) is 0.605. The number of rotatable bonds is 3. The van der Waals surface area contributed by atoms with Crippen LogP contribution in [-0.4, -0.2) is 24.3 Å². The van der Waals surface area contributed by atoms with Gasteiger partial charge in [-0.3, -0.25) is 0 Å². The van der Waals surface area contributed by atoms with Gasteiger partial charge in [0.1, 0.15) is 0 Å². The van der Waals surface area contributed by atoms with E-state index in [9.17, 15) is 0 Å². The van der Waals surface area contributed by atoms with Gasteiger partial charge in [0.15, 0.2) is 0 Å². The van der Waals surface area contributed by atoms with E-state index >= 15 is 0 Å². The van der Waals surface area contributed by atoms with Crippen molar-refractivity contribution >= 4 is 7.41 Å². The van der Waals surface area contributed by atoms with Gasteiger partial charge in [0, 0.05) is 5.54 Å². The van der Waals surface area contributed by atoms with Crippen LogP contribution >= 0.6 is 0 Å². The standard InChI is InChI=1S/C11H25BN/c1-8-9-13(11(5,6)7)12-10(2,3)4/h8-9H2,1-7H3. The summed E-state index contributed by atoms with van der Waals surface area (Å²) in [5.74, 6) is 0. The van der Waals surface area contributed by atoms with Crippen LogP contribution in [0.5, 0.6) is 0 Å². The Labute approximate surface area is 85.2 Å². The van der Waals surface area contributed by atoms with Crippen LogP contribution in [0.1, 0.15) is 54.9 Å². The van der Waals surface area contributed by atoms with Crippen molar-refractivity contribution in [1.82, 2.24) is 4.81 Å². The lowest BCUT2D eigenvalue weighted by molar-refractivity contribution is 0.247. The fraction of sp³-hybridized carbons (Fsp3) is 1.00. The highest BCUT2D eigenvalue weighted by Gasteiger charge is 2.26. The van der Waals surface area contributed by atoms with Crippen molar-refractivity contribution in [3.8, 4) is 0 Å². The summed E-state index contributed by atoms with van der Waals surface area (Å²) in [6, 6.07) is 0. The molecule has 0 amide bonds. The van der Waals surface area contributed by atoms with Gasteiger partial charge >= 0.3 is 0 Å². The normalized spacial score (nSPS) is 13.5. The third-order valence-corrected chi connectivity index (χ3v) is 1.87. The van der Waals surface area contributed by atoms with Crippen molar-refractivity contribution < 1.29 is 0 Å². The monoisotopic (exact) mass is 182 g/mol. The van der Waals surface area contributed by atoms with E-state index in [0.29, 0.717) is 0 Å². The Kier molecular flexibility index (Phi) is 4.51. The van der Waals surface area contributed by atoms with Crippen molar-refractivity contribution in [2.24, 2.45) is 0 Å². The van der Waals surface area contributed by atoms with E-state index in [4.69, 9.17) is 0 Å². The average molecular weight is 182 g/mol. The van der Waals surface area contributed by atoms with Crippen LogP contribution in [0.4, 0.5) is 0 Å². The molecule has 0 aliphatic carbocycles. The van der Waals surface area contributed by atoms with Crippen molar-refractivity contribution in [3.05, 3.63) is 0 Å². The maximum atomic E-state index is 2.45. The van der Waals surface area contributed by atoms with Crippen LogP contribution in [-0.2, 0) is 0 Å². The summed E-state index contributed by atoms with van der Waals surface area (Å²) in [5, 5.41) is 0.280. The Bertz CT molecular complexity index is 141. The number of hydrogen-bond donors (Lipinski definition) is 0. The Morgan fingerprint density at radius 1 is 1.00 bits per heavy atom. The molecule has 2 heteroatoms. The number of nitrogens with zero attached hydrogens (tertiary/aromatic N) is 1. The summed E-state index contributed by atoms with van der Waals surface area (Å²) in [6.45, 7) is 16.9. The molecular formula is C11H25BN. The molecule has 0 aromatic carbocycles. The lowest BCUT2D eigenvalue weighted by Crippen LogP contribution is -2.47. The maximum Gasteiger partial charge on any atom is 0.215 e. The molecule has 0 aromatic heterocycles. The lowest BCUT2D eigenvalue weighted by atomic mass is 9.61. The Balaban J connectivity index is 4.27. The van der Waals surface area contributed by atoms with Gasteiger partial charge in [0.25, 0.3) is 0 Å². The second-order valence-electron chi connectivity index (χ2n) is 5.86. The van der Waals surface area contributed by atoms with Crippen molar-refractivity contribution in [3.63, 3.8) is 0 Å². The minimum Gasteiger partial charge on any atom is -0.342 e. The van der Waals surface area contributed by atoms with Crippen LogP contribution in [0.3, 0.4) is 0 Å². The van der Waals surface area contributed by atoms with Crippen LogP contribution in [0.15, 0.2) is 0 Å². The molecule has 0 saturated heterocycles. The second kappa shape index (κ2) is 4.50. The topological polar surface area (TPSA) is 3.24 Å². The first-order valence-corrected chi connectivity index (χ1v) is 5.29. The molecule has 0 fully saturated rings. The largest absolute Gasteiger partial charge is 0.342 e. The maximum absolute atomic E-state index is 2.45. The van der Waals surface area contributed by atoms with Crippen molar-refractivity contribution in [2.75, 3.05) is 6.54 Å². The van der Waals surface area contributed by atoms with Crippen LogP contribution in [0, 0.1) is 0 Å². The molecule has 1 radical (unpaired) electrons. The minimum absolute atomic E-state index is 0.253. The molecule has 0 rings (SSSR count). The average Bonchev–Trinajstić information content (AvgIpc) is 1.81. The fourth-order valence-corrected chi connectivity index (χ4v) is 1.30. The van der Waals surface area contributed by atoms with E-state index < -0.39 is 0 Å². The summed E-state index contributed by atoms with van der Waals surface area (Å²) in [5.41, 5.74) is 0.253. The minimum atomic E-state index is 0.253. The zero-order chi connectivity index (χ0) is 10.7. The van der Waals surface area contributed by atoms with E-state index in [1.165, 1.54) is 6.42 Å². The molecule has 13 heavy (non-hydrogen) atoms. The van der Waals surface area contributed by atoms with Crippen LogP contribution < -0.4 is 0 Å². The summed E-state index contributed by atoms with van der Waals surface area (Å²) in [6.07, 6.45) is 1.21. The molecular weight excluding hydrogens is 157 g/mol. The SMILES string of the molecule is CCCN([B]C(C)(C)C)C(C)(C)C. The van der Waals surface area contributed by atoms with Gasteiger partial charge in [0.2, 0.25) is 7.41 Å². The van der Waals surface area contributed by atoms with E-state index in [2.05, 4.69) is 60.7 Å². The molecule has 0 atom stereocenters. The summed E-state index contributed by atoms with van der Waals surface area (Å²) in [4.78, 5) is 2.45. The summed E-state index contributed by atoms with van der Waals surface area (Å²) >= 11 is 0. The van der Waals surface area contributed by atoms with Gasteiger partial charge in [-0.25, -0.2) is 0 Å². The molecule has 77 valence electrons. The smallest absolute Gasteiger partial charge is 0.215 e. The third kappa shape index (κ3) is 6.14. The van der Waals surface area contributed by atoms with Crippen molar-refractivity contribution in [1.29, 1.82) is 0 Å². The van der Waals surface area contributed by atoms with Crippen molar-refractivity contribution in [2.45, 2.75) is 65.7 Å².